The summed E-state index contributed by atoms with van der Waals surface area (Å²) in [6.07, 6.45) is 82.6. The Kier molecular flexibility index (Phi) is 61.6. The zero-order chi connectivity index (χ0) is 50.6. The van der Waals surface area contributed by atoms with Crippen molar-refractivity contribution in [1.29, 1.82) is 0 Å². The summed E-state index contributed by atoms with van der Waals surface area (Å²) in [5.74, 6) is -0.0216. The molecular formula is C66H131NO3. The number of unbranched alkanes of at least 4 members (excludes halogenated alkanes) is 53. The Hall–Kier alpha value is -0.870. The number of aliphatic hydroxyl groups excluding tert-OH is 2. The van der Waals surface area contributed by atoms with Crippen LogP contribution in [0.3, 0.4) is 0 Å². The van der Waals surface area contributed by atoms with E-state index in [0.29, 0.717) is 12.8 Å². The fraction of sp³-hybridized carbons (Fsp3) is 0.955. The third kappa shape index (κ3) is 58.0. The van der Waals surface area contributed by atoms with Crippen LogP contribution in [0.5, 0.6) is 0 Å². The van der Waals surface area contributed by atoms with Crippen LogP contribution in [0, 0.1) is 0 Å². The highest BCUT2D eigenvalue weighted by molar-refractivity contribution is 5.76. The highest BCUT2D eigenvalue weighted by Gasteiger charge is 2.20. The average molecular weight is 987 g/mol. The zero-order valence-electron chi connectivity index (χ0n) is 48.3. The normalized spacial score (nSPS) is 12.7. The molecule has 2 unspecified atom stereocenters. The van der Waals surface area contributed by atoms with Gasteiger partial charge in [-0.2, -0.15) is 0 Å². The quantitative estimate of drug-likeness (QED) is 0.0420. The highest BCUT2D eigenvalue weighted by Crippen LogP contribution is 2.19. The molecule has 0 saturated heterocycles. The molecule has 3 N–H and O–H groups in total. The van der Waals surface area contributed by atoms with E-state index in [-0.39, 0.29) is 12.5 Å². The van der Waals surface area contributed by atoms with Gasteiger partial charge in [0.05, 0.1) is 18.8 Å². The number of rotatable bonds is 62. The molecule has 4 nitrogen and oxygen atoms in total. The van der Waals surface area contributed by atoms with Gasteiger partial charge >= 0.3 is 0 Å². The molecule has 70 heavy (non-hydrogen) atoms. The number of allylic oxidation sites excluding steroid dienone is 2. The van der Waals surface area contributed by atoms with Gasteiger partial charge in [0.25, 0.3) is 0 Å². The van der Waals surface area contributed by atoms with Crippen LogP contribution in [0.2, 0.25) is 0 Å². The molecule has 0 spiro atoms. The van der Waals surface area contributed by atoms with Crippen molar-refractivity contribution >= 4 is 5.91 Å². The van der Waals surface area contributed by atoms with Crippen molar-refractivity contribution in [3.05, 3.63) is 12.2 Å². The number of hydrogen-bond donors (Lipinski definition) is 3. The minimum atomic E-state index is -0.656. The lowest BCUT2D eigenvalue weighted by Crippen LogP contribution is -2.45. The molecule has 0 saturated carbocycles. The molecule has 0 bridgehead atoms. The van der Waals surface area contributed by atoms with E-state index in [1.165, 1.54) is 334 Å². The smallest absolute Gasteiger partial charge is 0.220 e. The van der Waals surface area contributed by atoms with Crippen molar-refractivity contribution in [3.63, 3.8) is 0 Å². The summed E-state index contributed by atoms with van der Waals surface area (Å²) in [4.78, 5) is 12.5. The molecule has 0 aromatic heterocycles. The Morgan fingerprint density at radius 2 is 0.543 bits per heavy atom. The molecule has 2 atom stereocenters. The lowest BCUT2D eigenvalue weighted by Gasteiger charge is -2.22. The predicted octanol–water partition coefficient (Wildman–Crippen LogP) is 22.0. The fourth-order valence-corrected chi connectivity index (χ4v) is 10.8. The van der Waals surface area contributed by atoms with Crippen molar-refractivity contribution in [3.8, 4) is 0 Å². The van der Waals surface area contributed by atoms with Crippen LogP contribution in [0.4, 0.5) is 0 Å². The van der Waals surface area contributed by atoms with Gasteiger partial charge in [-0.05, 0) is 38.5 Å². The SMILES string of the molecule is CCCCCCCCCC/C=C\CCCCCCCCCCCCCCCCCCCCCCCCCCCCCC(=O)NC(CO)C(O)CCCCCCCCCCCCCCCCCCCCC. The Morgan fingerprint density at radius 1 is 0.329 bits per heavy atom. The molecule has 1 amide bonds. The van der Waals surface area contributed by atoms with E-state index in [0.717, 1.165) is 25.7 Å². The molecule has 0 aromatic carbocycles. The van der Waals surface area contributed by atoms with Gasteiger partial charge in [0.15, 0.2) is 0 Å². The van der Waals surface area contributed by atoms with E-state index in [1.54, 1.807) is 0 Å². The predicted molar refractivity (Wildman–Crippen MR) is 313 cm³/mol. The first-order chi connectivity index (χ1) is 34.7. The largest absolute Gasteiger partial charge is 0.394 e. The molecule has 418 valence electrons. The van der Waals surface area contributed by atoms with Gasteiger partial charge in [0.1, 0.15) is 0 Å². The first-order valence-corrected chi connectivity index (χ1v) is 32.9. The minimum Gasteiger partial charge on any atom is -0.394 e. The van der Waals surface area contributed by atoms with Crippen molar-refractivity contribution < 1.29 is 15.0 Å². The standard InChI is InChI=1S/C66H131NO3/c1-3-5-7-9-11-13-15-17-19-21-23-24-25-26-27-28-29-30-31-32-33-34-35-36-37-38-39-40-41-42-44-46-48-50-52-54-56-58-60-62-66(70)67-64(63-68)65(69)61-59-57-55-53-51-49-47-45-43-22-20-18-16-14-12-10-8-6-4-2/h21,23,64-65,68-69H,3-20,22,24-63H2,1-2H3,(H,67,70)/b23-21-. The third-order valence-corrected chi connectivity index (χ3v) is 15.8. The van der Waals surface area contributed by atoms with Crippen molar-refractivity contribution in [1.82, 2.24) is 5.32 Å². The number of aliphatic hydroxyl groups is 2. The minimum absolute atomic E-state index is 0.0216. The second-order valence-corrected chi connectivity index (χ2v) is 22.9. The number of carbonyl (C=O) groups excluding carboxylic acids is 1. The summed E-state index contributed by atoms with van der Waals surface area (Å²) >= 11 is 0. The summed E-state index contributed by atoms with van der Waals surface area (Å²) in [5, 5.41) is 23.4. The lowest BCUT2D eigenvalue weighted by atomic mass is 10.0. The van der Waals surface area contributed by atoms with Crippen LogP contribution in [0.15, 0.2) is 12.2 Å². The van der Waals surface area contributed by atoms with Crippen LogP contribution in [0.1, 0.15) is 386 Å². The third-order valence-electron chi connectivity index (χ3n) is 15.8. The molecule has 0 heterocycles. The topological polar surface area (TPSA) is 69.6 Å². The van der Waals surface area contributed by atoms with Crippen molar-refractivity contribution in [2.75, 3.05) is 6.61 Å². The monoisotopic (exact) mass is 986 g/mol. The molecule has 0 aliphatic rings. The molecule has 0 aromatic rings. The Bertz CT molecular complexity index is 982. The summed E-state index contributed by atoms with van der Waals surface area (Å²) in [7, 11) is 0. The van der Waals surface area contributed by atoms with Crippen LogP contribution >= 0.6 is 0 Å². The second kappa shape index (κ2) is 62.4. The molecule has 0 aliphatic carbocycles. The van der Waals surface area contributed by atoms with Gasteiger partial charge in [-0.1, -0.05) is 353 Å². The number of carbonyl (C=O) groups is 1. The number of amides is 1. The van der Waals surface area contributed by atoms with Gasteiger partial charge in [-0.15, -0.1) is 0 Å². The van der Waals surface area contributed by atoms with Gasteiger partial charge in [0, 0.05) is 6.42 Å². The number of nitrogens with one attached hydrogen (secondary N) is 1. The van der Waals surface area contributed by atoms with Gasteiger partial charge in [-0.3, -0.25) is 4.79 Å². The van der Waals surface area contributed by atoms with E-state index in [2.05, 4.69) is 31.3 Å². The van der Waals surface area contributed by atoms with Crippen molar-refractivity contribution in [2.24, 2.45) is 0 Å². The second-order valence-electron chi connectivity index (χ2n) is 22.9. The van der Waals surface area contributed by atoms with Crippen LogP contribution in [0.25, 0.3) is 0 Å². The first-order valence-electron chi connectivity index (χ1n) is 32.9. The summed E-state index contributed by atoms with van der Waals surface area (Å²) in [6.45, 7) is 4.40. The Labute approximate surface area is 441 Å². The highest BCUT2D eigenvalue weighted by atomic mass is 16.3. The molecular weight excluding hydrogens is 855 g/mol. The van der Waals surface area contributed by atoms with Gasteiger partial charge in [0.2, 0.25) is 5.91 Å². The Balaban J connectivity index is 3.34. The summed E-state index contributed by atoms with van der Waals surface area (Å²) < 4.78 is 0. The van der Waals surface area contributed by atoms with E-state index in [9.17, 15) is 15.0 Å². The van der Waals surface area contributed by atoms with Crippen LogP contribution in [-0.4, -0.2) is 34.9 Å². The van der Waals surface area contributed by atoms with E-state index < -0.39 is 12.1 Å². The molecule has 0 aliphatic heterocycles. The first kappa shape index (κ1) is 69.1. The van der Waals surface area contributed by atoms with E-state index in [1.807, 2.05) is 0 Å². The molecule has 0 fully saturated rings. The van der Waals surface area contributed by atoms with Crippen molar-refractivity contribution in [2.45, 2.75) is 398 Å². The molecule has 0 radical (unpaired) electrons. The summed E-state index contributed by atoms with van der Waals surface area (Å²) in [6, 6.07) is -0.533. The maximum absolute atomic E-state index is 12.5. The lowest BCUT2D eigenvalue weighted by molar-refractivity contribution is -0.123. The van der Waals surface area contributed by atoms with Gasteiger partial charge in [-0.25, -0.2) is 0 Å². The Morgan fingerprint density at radius 3 is 0.786 bits per heavy atom. The average Bonchev–Trinajstić information content (AvgIpc) is 3.36. The molecule has 0 rings (SSSR count). The maximum Gasteiger partial charge on any atom is 0.220 e. The summed E-state index contributed by atoms with van der Waals surface area (Å²) in [5.41, 5.74) is 0. The van der Waals surface area contributed by atoms with E-state index >= 15 is 0 Å². The van der Waals surface area contributed by atoms with E-state index in [4.69, 9.17) is 0 Å². The molecule has 4 heteroatoms. The fourth-order valence-electron chi connectivity index (χ4n) is 10.8. The van der Waals surface area contributed by atoms with Crippen LogP contribution < -0.4 is 5.32 Å². The van der Waals surface area contributed by atoms with Crippen LogP contribution in [-0.2, 0) is 4.79 Å². The van der Waals surface area contributed by atoms with Gasteiger partial charge < -0.3 is 15.5 Å². The zero-order valence-corrected chi connectivity index (χ0v) is 48.3. The number of hydrogen-bond acceptors (Lipinski definition) is 3. The maximum atomic E-state index is 12.5.